The quantitative estimate of drug-likeness (QED) is 0.586. The van der Waals surface area contributed by atoms with Crippen LogP contribution in [0.15, 0.2) is 48.5 Å². The van der Waals surface area contributed by atoms with Gasteiger partial charge in [-0.3, -0.25) is 0 Å². The minimum Gasteiger partial charge on any atom is -0.508 e. The summed E-state index contributed by atoms with van der Waals surface area (Å²) in [5.41, 5.74) is 2.58. The number of benzene rings is 2. The van der Waals surface area contributed by atoms with Crippen LogP contribution in [-0.4, -0.2) is 10.2 Å². The molecule has 0 unspecified atom stereocenters. The largest absolute Gasteiger partial charge is 0.508 e. The van der Waals surface area contributed by atoms with Crippen molar-refractivity contribution in [1.82, 2.24) is 0 Å². The first-order valence-electron chi connectivity index (χ1n) is 11.6. The van der Waals surface area contributed by atoms with E-state index in [0.717, 1.165) is 36.5 Å². The predicted molar refractivity (Wildman–Crippen MR) is 119 cm³/mol. The van der Waals surface area contributed by atoms with E-state index in [0.29, 0.717) is 11.5 Å². The monoisotopic (exact) mass is 392 g/mol. The standard InChI is InChI=1S/C27H36O2/c1-19(2)20-3-5-21(6-4-20)22-15-17-27(18-16-22,23-7-11-25(28)12-8-23)24-9-13-26(29)14-10-24/h7-14,19-22,28-29H,3-6,15-18H2,1-2H3. The SMILES string of the molecule is CC(C)C1CCC(C2CCC(c3ccc(O)cc3)(c3ccc(O)cc3)CC2)CC1. The molecular weight excluding hydrogens is 356 g/mol. The fraction of sp³-hybridized carbons (Fsp3) is 0.556. The van der Waals surface area contributed by atoms with Gasteiger partial charge in [0.1, 0.15) is 11.5 Å². The van der Waals surface area contributed by atoms with Crippen LogP contribution in [0.2, 0.25) is 0 Å². The molecule has 2 aromatic carbocycles. The normalized spacial score (nSPS) is 25.2. The second-order valence-electron chi connectivity index (χ2n) is 9.93. The molecule has 0 amide bonds. The van der Waals surface area contributed by atoms with Crippen LogP contribution >= 0.6 is 0 Å². The molecule has 0 radical (unpaired) electrons. The van der Waals surface area contributed by atoms with Crippen LogP contribution in [0.1, 0.15) is 76.3 Å². The molecule has 2 saturated carbocycles. The first-order valence-corrected chi connectivity index (χ1v) is 11.6. The van der Waals surface area contributed by atoms with E-state index in [1.807, 2.05) is 24.3 Å². The van der Waals surface area contributed by atoms with E-state index in [-0.39, 0.29) is 5.41 Å². The molecular formula is C27H36O2. The second-order valence-corrected chi connectivity index (χ2v) is 9.93. The molecule has 0 heterocycles. The second kappa shape index (κ2) is 8.42. The average Bonchev–Trinajstić information content (AvgIpc) is 2.75. The maximum absolute atomic E-state index is 9.79. The Labute approximate surface area is 176 Å². The maximum Gasteiger partial charge on any atom is 0.115 e. The molecule has 2 aliphatic carbocycles. The Hall–Kier alpha value is -1.96. The topological polar surface area (TPSA) is 40.5 Å². The minimum atomic E-state index is -0.00691. The zero-order chi connectivity index (χ0) is 20.4. The van der Waals surface area contributed by atoms with E-state index < -0.39 is 0 Å². The highest BCUT2D eigenvalue weighted by molar-refractivity contribution is 5.43. The zero-order valence-corrected chi connectivity index (χ0v) is 18.0. The lowest BCUT2D eigenvalue weighted by Gasteiger charge is -2.45. The first-order chi connectivity index (χ1) is 14.0. The molecule has 4 rings (SSSR count). The molecule has 0 atom stereocenters. The number of phenolic OH excluding ortho intramolecular Hbond substituents is 2. The molecule has 0 aliphatic heterocycles. The number of hydrogen-bond acceptors (Lipinski definition) is 2. The number of aromatic hydroxyl groups is 2. The molecule has 2 N–H and O–H groups in total. The van der Waals surface area contributed by atoms with Gasteiger partial charge in [0, 0.05) is 5.41 Å². The highest BCUT2D eigenvalue weighted by atomic mass is 16.3. The Bertz CT molecular complexity index is 727. The smallest absolute Gasteiger partial charge is 0.115 e. The Morgan fingerprint density at radius 1 is 0.655 bits per heavy atom. The molecule has 2 fully saturated rings. The van der Waals surface area contributed by atoms with Crippen molar-refractivity contribution in [1.29, 1.82) is 0 Å². The summed E-state index contributed by atoms with van der Waals surface area (Å²) in [6.45, 7) is 4.77. The molecule has 0 bridgehead atoms. The maximum atomic E-state index is 9.79. The molecule has 156 valence electrons. The van der Waals surface area contributed by atoms with Gasteiger partial charge in [0.25, 0.3) is 0 Å². The number of rotatable bonds is 4. The molecule has 2 nitrogen and oxygen atoms in total. The van der Waals surface area contributed by atoms with Crippen molar-refractivity contribution < 1.29 is 10.2 Å². The lowest BCUT2D eigenvalue weighted by molar-refractivity contribution is 0.130. The van der Waals surface area contributed by atoms with Crippen LogP contribution in [0.4, 0.5) is 0 Å². The van der Waals surface area contributed by atoms with Crippen molar-refractivity contribution in [3.8, 4) is 11.5 Å². The van der Waals surface area contributed by atoms with E-state index in [2.05, 4.69) is 38.1 Å². The lowest BCUT2D eigenvalue weighted by Crippen LogP contribution is -2.36. The molecule has 0 saturated heterocycles. The van der Waals surface area contributed by atoms with Crippen LogP contribution < -0.4 is 0 Å². The molecule has 2 heteroatoms. The molecule has 29 heavy (non-hydrogen) atoms. The predicted octanol–water partition coefficient (Wildman–Crippen LogP) is 7.04. The summed E-state index contributed by atoms with van der Waals surface area (Å²) in [6, 6.07) is 15.6. The van der Waals surface area contributed by atoms with Crippen LogP contribution in [0, 0.1) is 23.7 Å². The summed E-state index contributed by atoms with van der Waals surface area (Å²) in [4.78, 5) is 0. The third-order valence-electron chi connectivity index (χ3n) is 8.15. The van der Waals surface area contributed by atoms with E-state index >= 15 is 0 Å². The minimum absolute atomic E-state index is 0.00691. The van der Waals surface area contributed by atoms with Crippen LogP contribution in [0.5, 0.6) is 11.5 Å². The third-order valence-corrected chi connectivity index (χ3v) is 8.15. The number of hydrogen-bond donors (Lipinski definition) is 2. The Balaban J connectivity index is 1.53. The van der Waals surface area contributed by atoms with Crippen LogP contribution in [0.3, 0.4) is 0 Å². The summed E-state index contributed by atoms with van der Waals surface area (Å²) >= 11 is 0. The fourth-order valence-electron chi connectivity index (χ4n) is 6.19. The van der Waals surface area contributed by atoms with E-state index in [4.69, 9.17) is 0 Å². The van der Waals surface area contributed by atoms with Crippen molar-refractivity contribution in [3.05, 3.63) is 59.7 Å². The van der Waals surface area contributed by atoms with Crippen molar-refractivity contribution in [2.75, 3.05) is 0 Å². The van der Waals surface area contributed by atoms with Crippen LogP contribution in [-0.2, 0) is 5.41 Å². The average molecular weight is 393 g/mol. The molecule has 0 spiro atoms. The number of phenols is 2. The highest BCUT2D eigenvalue weighted by Gasteiger charge is 2.41. The van der Waals surface area contributed by atoms with Gasteiger partial charge in [0.15, 0.2) is 0 Å². The van der Waals surface area contributed by atoms with Crippen molar-refractivity contribution >= 4 is 0 Å². The van der Waals surface area contributed by atoms with Crippen molar-refractivity contribution in [2.45, 2.75) is 70.6 Å². The van der Waals surface area contributed by atoms with E-state index in [1.165, 1.54) is 49.7 Å². The fourth-order valence-corrected chi connectivity index (χ4v) is 6.19. The van der Waals surface area contributed by atoms with Crippen LogP contribution in [0.25, 0.3) is 0 Å². The third kappa shape index (κ3) is 4.17. The Morgan fingerprint density at radius 3 is 1.48 bits per heavy atom. The van der Waals surface area contributed by atoms with Gasteiger partial charge < -0.3 is 10.2 Å². The highest BCUT2D eigenvalue weighted by Crippen LogP contribution is 2.50. The van der Waals surface area contributed by atoms with Gasteiger partial charge >= 0.3 is 0 Å². The van der Waals surface area contributed by atoms with Crippen molar-refractivity contribution in [3.63, 3.8) is 0 Å². The van der Waals surface area contributed by atoms with E-state index in [1.54, 1.807) is 0 Å². The van der Waals surface area contributed by atoms with Gasteiger partial charge in [-0.1, -0.05) is 38.1 Å². The lowest BCUT2D eigenvalue weighted by atomic mass is 9.59. The summed E-state index contributed by atoms with van der Waals surface area (Å²) in [6.07, 6.45) is 10.5. The molecule has 0 aromatic heterocycles. The summed E-state index contributed by atoms with van der Waals surface area (Å²) < 4.78 is 0. The van der Waals surface area contributed by atoms with Gasteiger partial charge in [0.2, 0.25) is 0 Å². The Kier molecular flexibility index (Phi) is 5.90. The van der Waals surface area contributed by atoms with Gasteiger partial charge in [-0.15, -0.1) is 0 Å². The summed E-state index contributed by atoms with van der Waals surface area (Å²) in [5, 5.41) is 19.6. The molecule has 2 aliphatic rings. The summed E-state index contributed by atoms with van der Waals surface area (Å²) in [7, 11) is 0. The van der Waals surface area contributed by atoms with Crippen molar-refractivity contribution in [2.24, 2.45) is 23.7 Å². The van der Waals surface area contributed by atoms with Gasteiger partial charge in [0.05, 0.1) is 0 Å². The zero-order valence-electron chi connectivity index (χ0n) is 18.0. The molecule has 2 aromatic rings. The summed E-state index contributed by atoms with van der Waals surface area (Å²) in [5.74, 6) is 4.17. The first kappa shape index (κ1) is 20.3. The Morgan fingerprint density at radius 2 is 1.07 bits per heavy atom. The van der Waals surface area contributed by atoms with E-state index in [9.17, 15) is 10.2 Å². The van der Waals surface area contributed by atoms with Gasteiger partial charge in [-0.05, 0) is 110 Å². The van der Waals surface area contributed by atoms with Gasteiger partial charge in [-0.2, -0.15) is 0 Å². The van der Waals surface area contributed by atoms with Gasteiger partial charge in [-0.25, -0.2) is 0 Å².